The average molecular weight is 365 g/mol. The Morgan fingerprint density at radius 2 is 2.04 bits per heavy atom. The summed E-state index contributed by atoms with van der Waals surface area (Å²) in [6.45, 7) is 0. The largest absolute Gasteiger partial charge is 0.497 e. The molecular weight excluding hydrogens is 342 g/mol. The molecule has 2 fully saturated rings. The lowest BCUT2D eigenvalue weighted by Gasteiger charge is -2.37. The van der Waals surface area contributed by atoms with Crippen LogP contribution in [0.4, 0.5) is 4.79 Å². The molecule has 0 unspecified atom stereocenters. The standard InChI is InChI=1S/C20H23N5O2/c1-27-16-4-2-13(3-5-16)14-10-15(11-14)24-20(26)25-18(6-7-19(25)21)17-12-22-8-9-23-17/h2-5,8-9,12,14-15,18,21H,6-7,10-11H2,1H3,(H,24,26)/t14?,15?,18-/m0/s1. The third-order valence-corrected chi connectivity index (χ3v) is 5.45. The van der Waals surface area contributed by atoms with Crippen molar-refractivity contribution < 1.29 is 9.53 Å². The van der Waals surface area contributed by atoms with Crippen LogP contribution in [0.1, 0.15) is 48.9 Å². The van der Waals surface area contributed by atoms with Crippen LogP contribution in [0.2, 0.25) is 0 Å². The van der Waals surface area contributed by atoms with Crippen molar-refractivity contribution in [2.45, 2.75) is 43.7 Å². The van der Waals surface area contributed by atoms with Crippen LogP contribution in [-0.2, 0) is 0 Å². The van der Waals surface area contributed by atoms with Gasteiger partial charge in [0.2, 0.25) is 0 Å². The number of urea groups is 1. The summed E-state index contributed by atoms with van der Waals surface area (Å²) in [7, 11) is 1.66. The van der Waals surface area contributed by atoms with E-state index in [0.717, 1.165) is 24.3 Å². The number of hydrogen-bond acceptors (Lipinski definition) is 5. The lowest BCUT2D eigenvalue weighted by atomic mass is 9.76. The van der Waals surface area contributed by atoms with Crippen LogP contribution in [0.5, 0.6) is 5.75 Å². The number of likely N-dealkylation sites (tertiary alicyclic amines) is 1. The number of methoxy groups -OCH3 is 1. The fraction of sp³-hybridized carbons (Fsp3) is 0.400. The zero-order valence-corrected chi connectivity index (χ0v) is 15.3. The van der Waals surface area contributed by atoms with Crippen molar-refractivity contribution in [1.82, 2.24) is 20.2 Å². The number of amidine groups is 1. The molecule has 1 saturated heterocycles. The number of benzene rings is 1. The van der Waals surface area contributed by atoms with E-state index in [1.54, 1.807) is 25.7 Å². The van der Waals surface area contributed by atoms with Crippen molar-refractivity contribution in [2.24, 2.45) is 0 Å². The Morgan fingerprint density at radius 1 is 1.26 bits per heavy atom. The second kappa shape index (κ2) is 7.34. The van der Waals surface area contributed by atoms with Gasteiger partial charge in [-0.3, -0.25) is 20.3 Å². The number of carbonyl (C=O) groups excluding carboxylic acids is 1. The van der Waals surface area contributed by atoms with Gasteiger partial charge in [0.25, 0.3) is 0 Å². The van der Waals surface area contributed by atoms with Gasteiger partial charge >= 0.3 is 6.03 Å². The molecule has 1 aromatic carbocycles. The molecule has 1 aliphatic carbocycles. The van der Waals surface area contributed by atoms with Gasteiger partial charge in [-0.15, -0.1) is 0 Å². The number of amides is 2. The van der Waals surface area contributed by atoms with E-state index in [1.165, 1.54) is 10.5 Å². The predicted octanol–water partition coefficient (Wildman–Crippen LogP) is 3.26. The highest BCUT2D eigenvalue weighted by molar-refractivity contribution is 5.98. The maximum atomic E-state index is 12.8. The first-order valence-corrected chi connectivity index (χ1v) is 9.22. The maximum absolute atomic E-state index is 12.8. The average Bonchev–Trinajstić information content (AvgIpc) is 3.06. The molecule has 2 aromatic rings. The summed E-state index contributed by atoms with van der Waals surface area (Å²) in [5, 5.41) is 11.2. The van der Waals surface area contributed by atoms with E-state index in [0.29, 0.717) is 24.6 Å². The summed E-state index contributed by atoms with van der Waals surface area (Å²) in [4.78, 5) is 22.7. The van der Waals surface area contributed by atoms with Gasteiger partial charge in [0.05, 0.1) is 25.0 Å². The summed E-state index contributed by atoms with van der Waals surface area (Å²) in [5.74, 6) is 1.65. The van der Waals surface area contributed by atoms with Crippen molar-refractivity contribution in [3.8, 4) is 5.75 Å². The third kappa shape index (κ3) is 3.49. The summed E-state index contributed by atoms with van der Waals surface area (Å²) >= 11 is 0. The Kier molecular flexibility index (Phi) is 4.75. The fourth-order valence-corrected chi connectivity index (χ4v) is 3.87. The monoisotopic (exact) mass is 365 g/mol. The number of aromatic nitrogens is 2. The molecule has 2 N–H and O–H groups in total. The summed E-state index contributed by atoms with van der Waals surface area (Å²) in [6, 6.07) is 7.84. The SMILES string of the molecule is COc1ccc(C2CC(NC(=O)N3C(=N)CC[C@H]3c3cnccn3)C2)cc1. The third-order valence-electron chi connectivity index (χ3n) is 5.45. The van der Waals surface area contributed by atoms with Crippen LogP contribution in [0, 0.1) is 5.41 Å². The van der Waals surface area contributed by atoms with Crippen LogP contribution < -0.4 is 10.1 Å². The highest BCUT2D eigenvalue weighted by Crippen LogP contribution is 2.38. The Balaban J connectivity index is 1.36. The van der Waals surface area contributed by atoms with Gasteiger partial charge in [-0.2, -0.15) is 0 Å². The molecule has 27 heavy (non-hydrogen) atoms. The van der Waals surface area contributed by atoms with E-state index in [-0.39, 0.29) is 18.1 Å². The number of hydrogen-bond donors (Lipinski definition) is 2. The Bertz CT molecular complexity index is 818. The fourth-order valence-electron chi connectivity index (χ4n) is 3.87. The molecule has 0 radical (unpaired) electrons. The predicted molar refractivity (Wildman–Crippen MR) is 101 cm³/mol. The normalized spacial score (nSPS) is 24.4. The molecule has 4 rings (SSSR count). The van der Waals surface area contributed by atoms with Gasteiger partial charge in [-0.05, 0) is 42.9 Å². The topological polar surface area (TPSA) is 91.2 Å². The van der Waals surface area contributed by atoms with Gasteiger partial charge in [-0.1, -0.05) is 12.1 Å². The molecule has 0 bridgehead atoms. The van der Waals surface area contributed by atoms with Gasteiger partial charge in [0.1, 0.15) is 11.6 Å². The van der Waals surface area contributed by atoms with Crippen LogP contribution in [0.25, 0.3) is 0 Å². The van der Waals surface area contributed by atoms with E-state index in [1.807, 2.05) is 12.1 Å². The van der Waals surface area contributed by atoms with Crippen LogP contribution in [0.3, 0.4) is 0 Å². The molecule has 1 atom stereocenters. The maximum Gasteiger partial charge on any atom is 0.323 e. The molecule has 7 heteroatoms. The highest BCUT2D eigenvalue weighted by Gasteiger charge is 2.38. The molecule has 7 nitrogen and oxygen atoms in total. The molecule has 1 aromatic heterocycles. The van der Waals surface area contributed by atoms with Crippen molar-refractivity contribution in [2.75, 3.05) is 7.11 Å². The van der Waals surface area contributed by atoms with Gasteiger partial charge < -0.3 is 10.1 Å². The summed E-state index contributed by atoms with van der Waals surface area (Å²) < 4.78 is 5.20. The molecule has 1 saturated carbocycles. The molecule has 2 aliphatic rings. The van der Waals surface area contributed by atoms with E-state index in [9.17, 15) is 4.79 Å². The molecule has 140 valence electrons. The first-order valence-electron chi connectivity index (χ1n) is 9.22. The zero-order valence-electron chi connectivity index (χ0n) is 15.3. The Labute approximate surface area is 158 Å². The van der Waals surface area contributed by atoms with E-state index < -0.39 is 0 Å². The molecular formula is C20H23N5O2. The lowest BCUT2D eigenvalue weighted by molar-refractivity contribution is 0.195. The second-order valence-electron chi connectivity index (χ2n) is 7.09. The quantitative estimate of drug-likeness (QED) is 0.870. The van der Waals surface area contributed by atoms with E-state index in [2.05, 4.69) is 27.4 Å². The van der Waals surface area contributed by atoms with Crippen LogP contribution >= 0.6 is 0 Å². The molecule has 2 amide bonds. The minimum absolute atomic E-state index is 0.139. The van der Waals surface area contributed by atoms with E-state index in [4.69, 9.17) is 10.1 Å². The number of ether oxygens (including phenoxy) is 1. The molecule has 2 heterocycles. The van der Waals surface area contributed by atoms with Crippen LogP contribution in [0.15, 0.2) is 42.9 Å². The first-order chi connectivity index (χ1) is 13.2. The van der Waals surface area contributed by atoms with E-state index >= 15 is 0 Å². The van der Waals surface area contributed by atoms with Crippen molar-refractivity contribution in [1.29, 1.82) is 5.41 Å². The Morgan fingerprint density at radius 3 is 2.70 bits per heavy atom. The highest BCUT2D eigenvalue weighted by atomic mass is 16.5. The number of nitrogens with zero attached hydrogens (tertiary/aromatic N) is 3. The number of nitrogens with one attached hydrogen (secondary N) is 2. The Hall–Kier alpha value is -2.96. The second-order valence-corrected chi connectivity index (χ2v) is 7.09. The summed E-state index contributed by atoms with van der Waals surface area (Å²) in [5.41, 5.74) is 2.01. The summed E-state index contributed by atoms with van der Waals surface area (Å²) in [6.07, 6.45) is 8.02. The van der Waals surface area contributed by atoms with Crippen LogP contribution in [-0.4, -0.2) is 39.9 Å². The minimum atomic E-state index is -0.205. The minimum Gasteiger partial charge on any atom is -0.497 e. The zero-order chi connectivity index (χ0) is 18.8. The van der Waals surface area contributed by atoms with Crippen molar-refractivity contribution in [3.63, 3.8) is 0 Å². The molecule has 0 spiro atoms. The molecule has 1 aliphatic heterocycles. The van der Waals surface area contributed by atoms with Gasteiger partial charge in [-0.25, -0.2) is 4.79 Å². The van der Waals surface area contributed by atoms with Gasteiger partial charge in [0, 0.05) is 24.9 Å². The number of rotatable bonds is 4. The lowest BCUT2D eigenvalue weighted by Crippen LogP contribution is -2.50. The van der Waals surface area contributed by atoms with Crippen molar-refractivity contribution >= 4 is 11.9 Å². The van der Waals surface area contributed by atoms with Gasteiger partial charge in [0.15, 0.2) is 0 Å². The van der Waals surface area contributed by atoms with Crippen molar-refractivity contribution in [3.05, 3.63) is 54.1 Å². The first kappa shape index (κ1) is 17.5. The smallest absolute Gasteiger partial charge is 0.323 e. The number of carbonyl (C=O) groups is 1.